The van der Waals surface area contributed by atoms with Crippen LogP contribution in [0.2, 0.25) is 18.1 Å². The van der Waals surface area contributed by atoms with Gasteiger partial charge in [0.2, 0.25) is 5.88 Å². The molecule has 0 aliphatic heterocycles. The van der Waals surface area contributed by atoms with E-state index in [2.05, 4.69) is 61.4 Å². The van der Waals surface area contributed by atoms with Crippen LogP contribution in [-0.4, -0.2) is 34.7 Å². The Morgan fingerprint density at radius 1 is 1.02 bits per heavy atom. The summed E-state index contributed by atoms with van der Waals surface area (Å²) in [5.41, 5.74) is 15.8. The van der Waals surface area contributed by atoms with Gasteiger partial charge in [0.05, 0.1) is 34.8 Å². The molecule has 0 unspecified atom stereocenters. The smallest absolute Gasteiger partial charge is 0.219 e. The van der Waals surface area contributed by atoms with Crippen LogP contribution in [0.15, 0.2) is 60.9 Å². The number of hydrogen-bond acceptors (Lipinski definition) is 7. The zero-order valence-electron chi connectivity index (χ0n) is 26.4. The molecule has 0 radical (unpaired) electrons. The van der Waals surface area contributed by atoms with Crippen LogP contribution in [0.5, 0.6) is 17.4 Å². The van der Waals surface area contributed by atoms with Crippen LogP contribution in [0.1, 0.15) is 37.7 Å². The summed E-state index contributed by atoms with van der Waals surface area (Å²) in [7, 11) is 1.70. The number of benzene rings is 1. The Kier molecular flexibility index (Phi) is 7.94. The number of methoxy groups -OCH3 is 1. The third-order valence-corrected chi connectivity index (χ3v) is 12.8. The predicted molar refractivity (Wildman–Crippen MR) is 178 cm³/mol. The van der Waals surface area contributed by atoms with Crippen LogP contribution in [0, 0.1) is 29.7 Å². The van der Waals surface area contributed by atoms with Crippen molar-refractivity contribution in [2.75, 3.05) is 12.8 Å². The average molecular weight is 601 g/mol. The van der Waals surface area contributed by atoms with Crippen LogP contribution < -0.4 is 15.2 Å². The van der Waals surface area contributed by atoms with Gasteiger partial charge in [-0.25, -0.2) is 15.0 Å². The highest BCUT2D eigenvalue weighted by Gasteiger charge is 2.33. The normalized spacial score (nSPS) is 11.5. The first-order valence-corrected chi connectivity index (χ1v) is 17.3. The highest BCUT2D eigenvalue weighted by atomic mass is 28.3. The van der Waals surface area contributed by atoms with E-state index in [9.17, 15) is 5.26 Å². The second-order valence-electron chi connectivity index (χ2n) is 12.3. The first kappa shape index (κ1) is 30.3. The van der Waals surface area contributed by atoms with Crippen LogP contribution >= 0.6 is 0 Å². The summed E-state index contributed by atoms with van der Waals surface area (Å²) in [6.07, 6.45) is 3.29. The Morgan fingerprint density at radius 2 is 1.75 bits per heavy atom. The Morgan fingerprint density at radius 3 is 2.39 bits per heavy atom. The number of aromatic nitrogens is 4. The molecule has 0 amide bonds. The fourth-order valence-electron chi connectivity index (χ4n) is 4.83. The van der Waals surface area contributed by atoms with E-state index < -0.39 is 8.07 Å². The summed E-state index contributed by atoms with van der Waals surface area (Å²) in [5.74, 6) is 5.40. The first-order chi connectivity index (χ1) is 20.8. The minimum absolute atomic E-state index is 0.131. The van der Waals surface area contributed by atoms with E-state index in [0.29, 0.717) is 45.4 Å². The molecule has 5 rings (SSSR count). The number of nitrogen functional groups attached to an aromatic ring is 1. The molecule has 2 N–H and O–H groups in total. The van der Waals surface area contributed by atoms with Gasteiger partial charge in [-0.1, -0.05) is 58.0 Å². The topological polar surface area (TPSA) is 112 Å². The second-order valence-corrected chi connectivity index (χ2v) is 17.3. The van der Waals surface area contributed by atoms with Crippen LogP contribution in [0.4, 0.5) is 5.82 Å². The van der Waals surface area contributed by atoms with E-state index in [1.807, 2.05) is 67.1 Å². The minimum Gasteiger partial charge on any atom is -0.496 e. The van der Waals surface area contributed by atoms with Gasteiger partial charge < -0.3 is 19.8 Å². The predicted octanol–water partition coefficient (Wildman–Crippen LogP) is 7.66. The third kappa shape index (κ3) is 5.62. The van der Waals surface area contributed by atoms with Crippen molar-refractivity contribution in [2.45, 2.75) is 45.8 Å². The number of nitrogens with two attached hydrogens (primary N) is 1. The largest absolute Gasteiger partial charge is 0.496 e. The van der Waals surface area contributed by atoms with Crippen molar-refractivity contribution in [3.8, 4) is 57.3 Å². The first-order valence-electron chi connectivity index (χ1n) is 14.3. The number of nitrogens with zero attached hydrogens (tertiary/aromatic N) is 5. The lowest BCUT2D eigenvalue weighted by atomic mass is 9.98. The van der Waals surface area contributed by atoms with Crippen molar-refractivity contribution < 1.29 is 9.47 Å². The van der Waals surface area contributed by atoms with Crippen LogP contribution in [0.25, 0.3) is 33.3 Å². The molecule has 0 spiro atoms. The average Bonchev–Trinajstić information content (AvgIpc) is 3.29. The van der Waals surface area contributed by atoms with E-state index in [0.717, 1.165) is 28.1 Å². The molecule has 222 valence electrons. The lowest BCUT2D eigenvalue weighted by Gasteiger charge is -2.31. The highest BCUT2D eigenvalue weighted by Crippen LogP contribution is 2.46. The van der Waals surface area contributed by atoms with Crippen molar-refractivity contribution in [2.24, 2.45) is 7.05 Å². The van der Waals surface area contributed by atoms with Gasteiger partial charge in [-0.15, -0.1) is 5.54 Å². The highest BCUT2D eigenvalue weighted by molar-refractivity contribution is 6.87. The number of ether oxygens (including phenoxy) is 2. The molecule has 0 saturated carbocycles. The van der Waals surface area contributed by atoms with Gasteiger partial charge in [-0.2, -0.15) is 5.26 Å². The number of nitriles is 1. The second kappa shape index (κ2) is 11.5. The molecule has 9 heteroatoms. The zero-order valence-corrected chi connectivity index (χ0v) is 27.4. The number of hydrogen-bond donors (Lipinski definition) is 1. The maximum atomic E-state index is 9.99. The Hall–Kier alpha value is -5.12. The van der Waals surface area contributed by atoms with Gasteiger partial charge in [-0.05, 0) is 35.7 Å². The maximum absolute atomic E-state index is 9.99. The fraction of sp³-hybridized carbons (Fsp3) is 0.257. The van der Waals surface area contributed by atoms with Gasteiger partial charge in [0.15, 0.2) is 0 Å². The number of fused-ring (bicyclic) bond motifs is 1. The number of aryl methyl sites for hydroxylation is 2. The molecule has 44 heavy (non-hydrogen) atoms. The molecule has 4 aromatic heterocycles. The number of anilines is 1. The summed E-state index contributed by atoms with van der Waals surface area (Å²) >= 11 is 0. The Bertz CT molecular complexity index is 1990. The van der Waals surface area contributed by atoms with Gasteiger partial charge in [0.25, 0.3) is 0 Å². The standard InChI is InChI=1S/C35H36N6O2Si/c1-22-10-9-11-29(40-22)43-26-14-12-23(13-15-26)30-31-32(24(19-36)20-39-34(31)37)41(5)33(30)27-21-38-25(18-28(27)42-6)16-17-44(7,8)35(2,3)4/h9-15,18,20-21H,1-8H3,(H2,37,39). The number of pyridine rings is 3. The molecule has 0 fully saturated rings. The monoisotopic (exact) mass is 600 g/mol. The van der Waals surface area contributed by atoms with Gasteiger partial charge >= 0.3 is 0 Å². The molecule has 8 nitrogen and oxygen atoms in total. The lowest BCUT2D eigenvalue weighted by Crippen LogP contribution is -2.35. The van der Waals surface area contributed by atoms with Crippen molar-refractivity contribution in [1.29, 1.82) is 5.26 Å². The molecule has 5 aromatic rings. The van der Waals surface area contributed by atoms with E-state index in [1.54, 1.807) is 13.3 Å². The molecule has 0 aliphatic carbocycles. The molecule has 0 bridgehead atoms. The zero-order chi connectivity index (χ0) is 31.8. The third-order valence-electron chi connectivity index (χ3n) is 8.31. The van der Waals surface area contributed by atoms with Crippen molar-refractivity contribution >= 4 is 24.8 Å². The van der Waals surface area contributed by atoms with E-state index in [-0.39, 0.29) is 5.04 Å². The summed E-state index contributed by atoms with van der Waals surface area (Å²) < 4.78 is 13.9. The summed E-state index contributed by atoms with van der Waals surface area (Å²) in [6, 6.07) is 17.5. The Balaban J connectivity index is 1.69. The molecule has 0 aliphatic rings. The van der Waals surface area contributed by atoms with Crippen LogP contribution in [-0.2, 0) is 7.05 Å². The van der Waals surface area contributed by atoms with Crippen LogP contribution in [0.3, 0.4) is 0 Å². The van der Waals surface area contributed by atoms with Gasteiger partial charge in [0, 0.05) is 42.8 Å². The van der Waals surface area contributed by atoms with Gasteiger partial charge in [0.1, 0.15) is 37.2 Å². The summed E-state index contributed by atoms with van der Waals surface area (Å²) in [5, 5.41) is 10.8. The molecule has 4 heterocycles. The van der Waals surface area contributed by atoms with E-state index in [1.165, 1.54) is 6.20 Å². The molecule has 0 atom stereocenters. The molecule has 1 aromatic carbocycles. The van der Waals surface area contributed by atoms with Gasteiger partial charge in [-0.3, -0.25) is 0 Å². The number of rotatable bonds is 5. The van der Waals surface area contributed by atoms with Crippen molar-refractivity contribution in [1.82, 2.24) is 19.5 Å². The minimum atomic E-state index is -1.84. The quantitative estimate of drug-likeness (QED) is 0.163. The SMILES string of the molecule is COc1cc(C#C[Si](C)(C)C(C)(C)C)ncc1-c1c(-c2ccc(Oc3cccc(C)n3)cc2)c2c(N)ncc(C#N)c2n1C. The molecular formula is C35H36N6O2Si. The lowest BCUT2D eigenvalue weighted by molar-refractivity contribution is 0.415. The van der Waals surface area contributed by atoms with E-state index in [4.69, 9.17) is 20.2 Å². The Labute approximate surface area is 259 Å². The van der Waals surface area contributed by atoms with Crippen molar-refractivity contribution in [3.05, 3.63) is 77.9 Å². The van der Waals surface area contributed by atoms with Crippen molar-refractivity contribution in [3.63, 3.8) is 0 Å². The van der Waals surface area contributed by atoms with E-state index >= 15 is 0 Å². The fourth-order valence-corrected chi connectivity index (χ4v) is 5.65. The molecule has 0 saturated heterocycles. The summed E-state index contributed by atoms with van der Waals surface area (Å²) in [4.78, 5) is 13.5. The summed E-state index contributed by atoms with van der Waals surface area (Å²) in [6.45, 7) is 13.2. The molecular weight excluding hydrogens is 565 g/mol. The maximum Gasteiger partial charge on any atom is 0.219 e.